The highest BCUT2D eigenvalue weighted by Gasteiger charge is 2.10. The van der Waals surface area contributed by atoms with Crippen LogP contribution in [-0.4, -0.2) is 53.7 Å². The Bertz CT molecular complexity index is 846. The van der Waals surface area contributed by atoms with Gasteiger partial charge in [0.05, 0.1) is 0 Å². The van der Waals surface area contributed by atoms with Gasteiger partial charge in [-0.1, -0.05) is 36.6 Å². The fourth-order valence-corrected chi connectivity index (χ4v) is 4.12. The molecule has 1 aromatic carbocycles. The van der Waals surface area contributed by atoms with Crippen LogP contribution in [0.25, 0.3) is 0 Å². The molecule has 0 amide bonds. The average Bonchev–Trinajstić information content (AvgIpc) is 3.00. The highest BCUT2D eigenvalue weighted by atomic mass is 35.5. The first kappa shape index (κ1) is 22.8. The van der Waals surface area contributed by atoms with E-state index in [1.54, 1.807) is 10.8 Å². The summed E-state index contributed by atoms with van der Waals surface area (Å²) in [6.07, 6.45) is 7.91. The molecule has 0 spiro atoms. The number of rotatable bonds is 10. The van der Waals surface area contributed by atoms with Gasteiger partial charge in [-0.25, -0.2) is 4.98 Å². The van der Waals surface area contributed by atoms with E-state index in [1.165, 1.54) is 31.2 Å². The predicted molar refractivity (Wildman–Crippen MR) is 125 cm³/mol. The van der Waals surface area contributed by atoms with E-state index in [-0.39, 0.29) is 5.56 Å². The quantitative estimate of drug-likeness (QED) is 0.565. The lowest BCUT2D eigenvalue weighted by molar-refractivity contribution is 0.296. The lowest BCUT2D eigenvalue weighted by atomic mass is 10.1. The molecular weight excluding hydrogens is 398 g/mol. The van der Waals surface area contributed by atoms with Crippen LogP contribution in [-0.2, 0) is 13.0 Å². The molecule has 0 radical (unpaired) electrons. The molecule has 0 saturated carbocycles. The fourth-order valence-electron chi connectivity index (χ4n) is 3.90. The highest BCUT2D eigenvalue weighted by molar-refractivity contribution is 6.30. The molecule has 1 saturated heterocycles. The first-order valence-electron chi connectivity index (χ1n) is 11.1. The Hall–Kier alpha value is -1.89. The van der Waals surface area contributed by atoms with Crippen molar-refractivity contribution in [3.05, 3.63) is 57.1 Å². The minimum atomic E-state index is -0.0393. The van der Waals surface area contributed by atoms with Crippen LogP contribution in [0.3, 0.4) is 0 Å². The van der Waals surface area contributed by atoms with Crippen molar-refractivity contribution in [3.63, 3.8) is 0 Å². The summed E-state index contributed by atoms with van der Waals surface area (Å²) >= 11 is 6.03. The topological polar surface area (TPSA) is 62.2 Å². The smallest absolute Gasteiger partial charge is 0.293 e. The molecule has 164 valence electrons. The summed E-state index contributed by atoms with van der Waals surface area (Å²) in [5, 5.41) is 7.44. The maximum Gasteiger partial charge on any atom is 0.293 e. The number of halogens is 1. The molecule has 0 aliphatic carbocycles. The Morgan fingerprint density at radius 2 is 1.87 bits per heavy atom. The lowest BCUT2D eigenvalue weighted by Crippen LogP contribution is -2.34. The third kappa shape index (κ3) is 7.11. The molecule has 2 aromatic rings. The molecule has 0 bridgehead atoms. The summed E-state index contributed by atoms with van der Waals surface area (Å²) in [6, 6.07) is 7.93. The summed E-state index contributed by atoms with van der Waals surface area (Å²) in [6.45, 7) is 8.18. The van der Waals surface area contributed by atoms with E-state index in [0.29, 0.717) is 12.4 Å². The standard InChI is InChI=1S/C23H34ClN5O/c1-19-18-27-22(26-12-15-28-13-4-2-3-5-14-28)23(30)29(19)16-11-25-10-9-20-7-6-8-21(24)17-20/h6-8,17-18,25H,2-5,9-16H2,1H3,(H,26,27). The van der Waals surface area contributed by atoms with E-state index in [0.717, 1.165) is 56.4 Å². The zero-order chi connectivity index (χ0) is 21.2. The number of hydrogen-bond donors (Lipinski definition) is 2. The Kier molecular flexibility index (Phi) is 9.18. The number of aryl methyl sites for hydroxylation is 1. The number of benzene rings is 1. The highest BCUT2D eigenvalue weighted by Crippen LogP contribution is 2.11. The molecule has 30 heavy (non-hydrogen) atoms. The number of hydrogen-bond acceptors (Lipinski definition) is 5. The SMILES string of the molecule is Cc1cnc(NCCN2CCCCCC2)c(=O)n1CCNCCc1cccc(Cl)c1. The average molecular weight is 432 g/mol. The molecule has 3 rings (SSSR count). The Labute approximate surface area is 184 Å². The molecule has 7 heteroatoms. The van der Waals surface area contributed by atoms with Gasteiger partial charge in [0.15, 0.2) is 5.82 Å². The molecule has 1 aliphatic rings. The van der Waals surface area contributed by atoms with Crippen molar-refractivity contribution in [1.29, 1.82) is 0 Å². The van der Waals surface area contributed by atoms with E-state index < -0.39 is 0 Å². The summed E-state index contributed by atoms with van der Waals surface area (Å²) in [7, 11) is 0. The Morgan fingerprint density at radius 1 is 1.07 bits per heavy atom. The number of aromatic nitrogens is 2. The van der Waals surface area contributed by atoms with Crippen molar-refractivity contribution < 1.29 is 0 Å². The summed E-state index contributed by atoms with van der Waals surface area (Å²) < 4.78 is 1.80. The van der Waals surface area contributed by atoms with Gasteiger partial charge in [0.2, 0.25) is 0 Å². The lowest BCUT2D eigenvalue weighted by Gasteiger charge is -2.20. The minimum absolute atomic E-state index is 0.0393. The predicted octanol–water partition coefficient (Wildman–Crippen LogP) is 3.33. The summed E-state index contributed by atoms with van der Waals surface area (Å²) in [5.74, 6) is 0.453. The zero-order valence-corrected chi connectivity index (χ0v) is 18.8. The number of likely N-dealkylation sites (tertiary alicyclic amines) is 1. The van der Waals surface area contributed by atoms with Gasteiger partial charge < -0.3 is 20.1 Å². The normalized spacial score (nSPS) is 15.1. The van der Waals surface area contributed by atoms with E-state index in [4.69, 9.17) is 11.6 Å². The largest absolute Gasteiger partial charge is 0.364 e. The molecule has 1 fully saturated rings. The molecule has 1 aromatic heterocycles. The molecular formula is C23H34ClN5O. The van der Waals surface area contributed by atoms with Gasteiger partial charge in [0.25, 0.3) is 5.56 Å². The first-order chi connectivity index (χ1) is 14.6. The number of nitrogens with zero attached hydrogens (tertiary/aromatic N) is 3. The zero-order valence-electron chi connectivity index (χ0n) is 18.0. The van der Waals surface area contributed by atoms with Crippen LogP contribution in [0.1, 0.15) is 36.9 Å². The van der Waals surface area contributed by atoms with Crippen LogP contribution in [0.15, 0.2) is 35.3 Å². The molecule has 0 unspecified atom stereocenters. The van der Waals surface area contributed by atoms with Crippen molar-refractivity contribution in [2.24, 2.45) is 0 Å². The van der Waals surface area contributed by atoms with Gasteiger partial charge >= 0.3 is 0 Å². The summed E-state index contributed by atoms with van der Waals surface area (Å²) in [4.78, 5) is 19.7. The van der Waals surface area contributed by atoms with Crippen molar-refractivity contribution >= 4 is 17.4 Å². The molecule has 6 nitrogen and oxygen atoms in total. The van der Waals surface area contributed by atoms with Crippen LogP contribution in [0, 0.1) is 6.92 Å². The maximum atomic E-state index is 12.8. The van der Waals surface area contributed by atoms with Crippen LogP contribution < -0.4 is 16.2 Å². The molecule has 1 aliphatic heterocycles. The van der Waals surface area contributed by atoms with Gasteiger partial charge in [-0.15, -0.1) is 0 Å². The molecule has 0 atom stereocenters. The van der Waals surface area contributed by atoms with E-state index in [1.807, 2.05) is 25.1 Å². The van der Waals surface area contributed by atoms with E-state index in [9.17, 15) is 4.79 Å². The fraction of sp³-hybridized carbons (Fsp3) is 0.565. The van der Waals surface area contributed by atoms with Gasteiger partial charge in [-0.2, -0.15) is 0 Å². The van der Waals surface area contributed by atoms with Gasteiger partial charge in [0.1, 0.15) is 0 Å². The Balaban J connectivity index is 1.44. The maximum absolute atomic E-state index is 12.8. The second-order valence-corrected chi connectivity index (χ2v) is 8.45. The van der Waals surface area contributed by atoms with Gasteiger partial charge in [0, 0.05) is 43.1 Å². The Morgan fingerprint density at radius 3 is 2.63 bits per heavy atom. The van der Waals surface area contributed by atoms with Crippen molar-refractivity contribution in [1.82, 2.24) is 19.8 Å². The number of nitrogens with one attached hydrogen (secondary N) is 2. The van der Waals surface area contributed by atoms with Crippen molar-refractivity contribution in [2.45, 2.75) is 45.6 Å². The second kappa shape index (κ2) is 12.1. The van der Waals surface area contributed by atoms with Crippen molar-refractivity contribution in [2.75, 3.05) is 44.6 Å². The van der Waals surface area contributed by atoms with E-state index >= 15 is 0 Å². The molecule has 2 N–H and O–H groups in total. The van der Waals surface area contributed by atoms with Gasteiger partial charge in [-0.3, -0.25) is 4.79 Å². The van der Waals surface area contributed by atoms with Crippen LogP contribution in [0.2, 0.25) is 5.02 Å². The minimum Gasteiger partial charge on any atom is -0.364 e. The second-order valence-electron chi connectivity index (χ2n) is 8.02. The third-order valence-electron chi connectivity index (χ3n) is 5.66. The first-order valence-corrected chi connectivity index (χ1v) is 11.5. The molecule has 2 heterocycles. The van der Waals surface area contributed by atoms with Crippen LogP contribution >= 0.6 is 11.6 Å². The van der Waals surface area contributed by atoms with Crippen LogP contribution in [0.5, 0.6) is 0 Å². The van der Waals surface area contributed by atoms with Gasteiger partial charge in [-0.05, 0) is 63.5 Å². The van der Waals surface area contributed by atoms with E-state index in [2.05, 4.69) is 26.6 Å². The van der Waals surface area contributed by atoms with Crippen molar-refractivity contribution in [3.8, 4) is 0 Å². The van der Waals surface area contributed by atoms with Crippen LogP contribution in [0.4, 0.5) is 5.82 Å². The monoisotopic (exact) mass is 431 g/mol. The third-order valence-corrected chi connectivity index (χ3v) is 5.90. The number of anilines is 1. The summed E-state index contributed by atoms with van der Waals surface area (Å²) in [5.41, 5.74) is 2.06.